The number of fused-ring (bicyclic) bond motifs is 2. The van der Waals surface area contributed by atoms with Crippen molar-refractivity contribution in [1.29, 1.82) is 10.5 Å². The van der Waals surface area contributed by atoms with Gasteiger partial charge in [0.25, 0.3) is 0 Å². The molecule has 0 aliphatic rings. The Morgan fingerprint density at radius 1 is 0.981 bits per heavy atom. The van der Waals surface area contributed by atoms with Crippen LogP contribution in [0.15, 0.2) is 45.2 Å². The normalized spacial score (nSPS) is 11.0. The summed E-state index contributed by atoms with van der Waals surface area (Å²) in [5.74, 6) is 9.23. The Kier molecular flexibility index (Phi) is 15.5. The standard InChI is InChI=1S/C22H23FN2O5.C18H17FN2O3/c1-22(2,3)30-21(27)25-11-5-6-15-12-16-18(29-15)9-8-17(23)20(16)14(13-24)7-10-19(26)28-4;1-2-3-10-21(18(22)23)11-4-5-13-12-15-14(8-9-20)16(19)6-7-17(15)24-13/h8-9,12,14H,7,10-11H2,1-4H3,(H,25,27);6-7,12H,2-3,8,10-11H2,1H3,(H,22,23). The summed E-state index contributed by atoms with van der Waals surface area (Å²) in [6.07, 6.45) is 0.119. The molecule has 1 unspecified atom stereocenters. The van der Waals surface area contributed by atoms with Gasteiger partial charge in [0, 0.05) is 47.0 Å². The van der Waals surface area contributed by atoms with E-state index in [4.69, 9.17) is 23.9 Å². The van der Waals surface area contributed by atoms with Crippen molar-refractivity contribution in [1.82, 2.24) is 10.2 Å². The number of amides is 2. The molecule has 0 saturated carbocycles. The minimum absolute atomic E-state index is 0.00853. The van der Waals surface area contributed by atoms with E-state index < -0.39 is 41.3 Å². The molecule has 2 amide bonds. The molecule has 1 atom stereocenters. The second kappa shape index (κ2) is 19.9. The van der Waals surface area contributed by atoms with E-state index in [1.807, 2.05) is 19.1 Å². The van der Waals surface area contributed by atoms with Gasteiger partial charge in [0.05, 0.1) is 44.7 Å². The summed E-state index contributed by atoms with van der Waals surface area (Å²) in [7, 11) is 1.25. The smallest absolute Gasteiger partial charge is 0.408 e. The van der Waals surface area contributed by atoms with Gasteiger partial charge < -0.3 is 28.7 Å². The second-order valence-electron chi connectivity index (χ2n) is 12.7. The Morgan fingerprint density at radius 3 is 2.20 bits per heavy atom. The third-order valence-corrected chi connectivity index (χ3v) is 7.53. The molecule has 2 heterocycles. The van der Waals surface area contributed by atoms with Crippen LogP contribution in [0.4, 0.5) is 18.4 Å². The van der Waals surface area contributed by atoms with Crippen LogP contribution in [-0.2, 0) is 20.7 Å². The minimum atomic E-state index is -1.01. The second-order valence-corrected chi connectivity index (χ2v) is 12.7. The molecule has 54 heavy (non-hydrogen) atoms. The number of carbonyl (C=O) groups is 3. The summed E-state index contributed by atoms with van der Waals surface area (Å²) in [5, 5.41) is 30.8. The first kappa shape index (κ1) is 41.9. The summed E-state index contributed by atoms with van der Waals surface area (Å²) in [6, 6.07) is 12.5. The number of carboxylic acid groups (broad SMARTS) is 1. The fraction of sp³-hybridized carbons (Fsp3) is 0.375. The number of hydrogen-bond donors (Lipinski definition) is 2. The molecule has 12 nitrogen and oxygen atoms in total. The monoisotopic (exact) mass is 742 g/mol. The maximum absolute atomic E-state index is 14.5. The van der Waals surface area contributed by atoms with Crippen LogP contribution in [0.5, 0.6) is 0 Å². The summed E-state index contributed by atoms with van der Waals surface area (Å²) >= 11 is 0. The number of unbranched alkanes of at least 4 members (excludes halogenated alkanes) is 1. The van der Waals surface area contributed by atoms with Crippen molar-refractivity contribution in [2.75, 3.05) is 26.7 Å². The van der Waals surface area contributed by atoms with Crippen molar-refractivity contribution >= 4 is 40.1 Å². The lowest BCUT2D eigenvalue weighted by Gasteiger charge is -2.18. The quantitative estimate of drug-likeness (QED) is 0.120. The van der Waals surface area contributed by atoms with Crippen LogP contribution in [0.25, 0.3) is 21.9 Å². The van der Waals surface area contributed by atoms with Gasteiger partial charge in [-0.15, -0.1) is 0 Å². The first-order chi connectivity index (χ1) is 25.7. The zero-order chi connectivity index (χ0) is 39.8. The molecule has 0 bridgehead atoms. The molecule has 2 aromatic carbocycles. The molecule has 0 radical (unpaired) electrons. The minimum Gasteiger partial charge on any atom is -0.469 e. The van der Waals surface area contributed by atoms with Crippen LogP contribution < -0.4 is 5.32 Å². The van der Waals surface area contributed by atoms with E-state index >= 15 is 0 Å². The summed E-state index contributed by atoms with van der Waals surface area (Å²) in [5.41, 5.74) is 0.646. The molecule has 0 aliphatic heterocycles. The lowest BCUT2D eigenvalue weighted by atomic mass is 9.92. The maximum Gasteiger partial charge on any atom is 0.408 e. The number of methoxy groups -OCH3 is 1. The van der Waals surface area contributed by atoms with Crippen molar-refractivity contribution in [2.24, 2.45) is 0 Å². The largest absolute Gasteiger partial charge is 0.469 e. The highest BCUT2D eigenvalue weighted by atomic mass is 19.1. The van der Waals surface area contributed by atoms with Gasteiger partial charge in [-0.05, 0) is 69.7 Å². The Morgan fingerprint density at radius 2 is 1.61 bits per heavy atom. The number of carbonyl (C=O) groups excluding carboxylic acids is 2. The van der Waals surface area contributed by atoms with Gasteiger partial charge in [0.1, 0.15) is 28.4 Å². The number of rotatable bonds is 10. The van der Waals surface area contributed by atoms with Crippen LogP contribution in [0.2, 0.25) is 0 Å². The Balaban J connectivity index is 0.000000297. The maximum atomic E-state index is 14.5. The van der Waals surface area contributed by atoms with Crippen LogP contribution in [0, 0.1) is 58.0 Å². The van der Waals surface area contributed by atoms with E-state index in [-0.39, 0.29) is 49.2 Å². The van der Waals surface area contributed by atoms with Crippen molar-refractivity contribution in [3.05, 3.63) is 70.7 Å². The Labute approximate surface area is 311 Å². The fourth-order valence-electron chi connectivity index (χ4n) is 5.00. The van der Waals surface area contributed by atoms with E-state index in [0.717, 1.165) is 12.8 Å². The molecule has 2 aromatic heterocycles. The third-order valence-electron chi connectivity index (χ3n) is 7.53. The van der Waals surface area contributed by atoms with E-state index in [9.17, 15) is 28.4 Å². The van der Waals surface area contributed by atoms with Crippen molar-refractivity contribution in [3.8, 4) is 35.8 Å². The summed E-state index contributed by atoms with van der Waals surface area (Å²) < 4.78 is 49.1. The average molecular weight is 743 g/mol. The summed E-state index contributed by atoms with van der Waals surface area (Å²) in [4.78, 5) is 35.3. The molecule has 0 aliphatic carbocycles. The average Bonchev–Trinajstić information content (AvgIpc) is 3.73. The van der Waals surface area contributed by atoms with Gasteiger partial charge in [0.15, 0.2) is 11.5 Å². The molecule has 4 rings (SSSR count). The van der Waals surface area contributed by atoms with Crippen LogP contribution in [0.1, 0.15) is 81.9 Å². The number of alkyl carbamates (subject to hydrolysis) is 1. The van der Waals surface area contributed by atoms with Gasteiger partial charge in [-0.1, -0.05) is 25.2 Å². The predicted molar refractivity (Wildman–Crippen MR) is 194 cm³/mol. The number of nitrogens with one attached hydrogen (secondary N) is 1. The number of nitrogens with zero attached hydrogens (tertiary/aromatic N) is 3. The molecule has 4 aromatic rings. The molecular weight excluding hydrogens is 702 g/mol. The molecular formula is C40H40F2N4O8. The first-order valence-electron chi connectivity index (χ1n) is 16.9. The van der Waals surface area contributed by atoms with E-state index in [1.165, 1.54) is 42.3 Å². The summed E-state index contributed by atoms with van der Waals surface area (Å²) in [6.45, 7) is 7.78. The number of esters is 1. The van der Waals surface area contributed by atoms with E-state index in [2.05, 4.69) is 33.7 Å². The molecule has 14 heteroatoms. The number of benzene rings is 2. The lowest BCUT2D eigenvalue weighted by Crippen LogP contribution is -2.32. The van der Waals surface area contributed by atoms with E-state index in [0.29, 0.717) is 34.2 Å². The van der Waals surface area contributed by atoms with Crippen molar-refractivity contribution < 1.29 is 46.6 Å². The molecule has 0 fully saturated rings. The topological polar surface area (TPSA) is 179 Å². The van der Waals surface area contributed by atoms with Crippen molar-refractivity contribution in [2.45, 2.75) is 71.3 Å². The zero-order valence-corrected chi connectivity index (χ0v) is 30.6. The third kappa shape index (κ3) is 12.3. The van der Waals surface area contributed by atoms with Gasteiger partial charge in [0.2, 0.25) is 0 Å². The number of ether oxygens (including phenoxy) is 2. The number of nitriles is 2. The lowest BCUT2D eigenvalue weighted by molar-refractivity contribution is -0.140. The number of furan rings is 2. The SMILES string of the molecule is CCCCN(CC#Cc1cc2c(CC#N)c(F)ccc2o1)C(=O)O.COC(=O)CCC(C#N)c1c(F)ccc2oc(C#CCNC(=O)OC(C)(C)C)cc12. The molecule has 2 N–H and O–H groups in total. The number of hydrogen-bond acceptors (Lipinski definition) is 9. The van der Waals surface area contributed by atoms with E-state index in [1.54, 1.807) is 26.8 Å². The fourth-order valence-corrected chi connectivity index (χ4v) is 5.00. The van der Waals surface area contributed by atoms with Crippen LogP contribution in [-0.4, -0.2) is 60.5 Å². The number of halogens is 2. The molecule has 0 spiro atoms. The van der Waals surface area contributed by atoms with Gasteiger partial charge in [-0.25, -0.2) is 18.4 Å². The molecule has 0 saturated heterocycles. The Bertz CT molecular complexity index is 2180. The Hall–Kier alpha value is -6.51. The zero-order valence-electron chi connectivity index (χ0n) is 30.6. The van der Waals surface area contributed by atoms with Crippen LogP contribution in [0.3, 0.4) is 0 Å². The van der Waals surface area contributed by atoms with Gasteiger partial charge >= 0.3 is 18.2 Å². The van der Waals surface area contributed by atoms with Gasteiger partial charge in [-0.3, -0.25) is 9.69 Å². The van der Waals surface area contributed by atoms with Crippen molar-refractivity contribution in [3.63, 3.8) is 0 Å². The highest BCUT2D eigenvalue weighted by Crippen LogP contribution is 2.33. The predicted octanol–water partition coefficient (Wildman–Crippen LogP) is 7.78. The highest BCUT2D eigenvalue weighted by molar-refractivity contribution is 5.84. The first-order valence-corrected chi connectivity index (χ1v) is 16.9. The molecule has 282 valence electrons. The van der Waals surface area contributed by atoms with Crippen LogP contribution >= 0.6 is 0 Å². The highest BCUT2D eigenvalue weighted by Gasteiger charge is 2.22. The van der Waals surface area contributed by atoms with Gasteiger partial charge in [-0.2, -0.15) is 10.5 Å².